The van der Waals surface area contributed by atoms with Crippen molar-refractivity contribution in [1.82, 2.24) is 8.61 Å². The molecule has 8 nitrogen and oxygen atoms in total. The molecule has 0 amide bonds. The van der Waals surface area contributed by atoms with Crippen LogP contribution < -0.4 is 9.64 Å². The monoisotopic (exact) mass is 561 g/mol. The van der Waals surface area contributed by atoms with Gasteiger partial charge in [0, 0.05) is 39.3 Å². The third-order valence-corrected chi connectivity index (χ3v) is 10.5. The molecule has 2 aliphatic rings. The maximum atomic E-state index is 13.3. The van der Waals surface area contributed by atoms with Crippen LogP contribution in [0.25, 0.3) is 0 Å². The minimum absolute atomic E-state index is 0.0162. The van der Waals surface area contributed by atoms with Gasteiger partial charge in [0.2, 0.25) is 20.0 Å². The summed E-state index contributed by atoms with van der Waals surface area (Å²) >= 11 is 0. The van der Waals surface area contributed by atoms with Crippen molar-refractivity contribution in [3.63, 3.8) is 0 Å². The second-order valence-corrected chi connectivity index (χ2v) is 13.2. The van der Waals surface area contributed by atoms with Crippen molar-refractivity contribution in [1.29, 1.82) is 0 Å². The zero-order valence-electron chi connectivity index (χ0n) is 20.6. The van der Waals surface area contributed by atoms with Crippen LogP contribution in [0.2, 0.25) is 0 Å². The molecule has 0 N–H and O–H groups in total. The molecule has 2 saturated heterocycles. The number of alkyl halides is 3. The van der Waals surface area contributed by atoms with Gasteiger partial charge in [-0.05, 0) is 55.2 Å². The van der Waals surface area contributed by atoms with Crippen molar-refractivity contribution < 1.29 is 34.7 Å². The molecular weight excluding hydrogens is 531 g/mol. The lowest BCUT2D eigenvalue weighted by Crippen LogP contribution is -2.48. The molecule has 37 heavy (non-hydrogen) atoms. The Balaban J connectivity index is 1.54. The maximum Gasteiger partial charge on any atom is 0.416 e. The number of sulfonamides is 2. The molecule has 0 aromatic heterocycles. The van der Waals surface area contributed by atoms with E-state index in [0.29, 0.717) is 30.6 Å². The van der Waals surface area contributed by atoms with E-state index in [0.717, 1.165) is 35.3 Å². The number of anilines is 1. The summed E-state index contributed by atoms with van der Waals surface area (Å²) in [5.41, 5.74) is -0.511. The summed E-state index contributed by atoms with van der Waals surface area (Å²) < 4.78 is 100. The Labute approximate surface area is 215 Å². The number of benzene rings is 2. The molecule has 0 aliphatic carbocycles. The van der Waals surface area contributed by atoms with Gasteiger partial charge in [0.25, 0.3) is 0 Å². The predicted molar refractivity (Wildman–Crippen MR) is 133 cm³/mol. The number of methoxy groups -OCH3 is 1. The van der Waals surface area contributed by atoms with Gasteiger partial charge in [-0.3, -0.25) is 0 Å². The number of hydrogen-bond acceptors (Lipinski definition) is 6. The van der Waals surface area contributed by atoms with Crippen molar-refractivity contribution in [2.75, 3.05) is 51.3 Å². The molecule has 2 heterocycles. The van der Waals surface area contributed by atoms with Gasteiger partial charge in [0.1, 0.15) is 5.75 Å². The lowest BCUT2D eigenvalue weighted by atomic mass is 10.0. The highest BCUT2D eigenvalue weighted by atomic mass is 32.2. The van der Waals surface area contributed by atoms with Crippen molar-refractivity contribution in [2.45, 2.75) is 35.7 Å². The van der Waals surface area contributed by atoms with E-state index in [1.165, 1.54) is 17.5 Å². The Morgan fingerprint density at radius 1 is 0.865 bits per heavy atom. The highest BCUT2D eigenvalue weighted by Gasteiger charge is 2.35. The molecule has 13 heteroatoms. The van der Waals surface area contributed by atoms with Gasteiger partial charge < -0.3 is 9.64 Å². The molecule has 0 spiro atoms. The zero-order chi connectivity index (χ0) is 27.0. The highest BCUT2D eigenvalue weighted by molar-refractivity contribution is 7.89. The van der Waals surface area contributed by atoms with Gasteiger partial charge >= 0.3 is 6.18 Å². The summed E-state index contributed by atoms with van der Waals surface area (Å²) in [6.45, 7) is 3.38. The number of piperidine rings is 1. The van der Waals surface area contributed by atoms with E-state index in [1.807, 2.05) is 11.8 Å². The molecule has 1 atom stereocenters. The summed E-state index contributed by atoms with van der Waals surface area (Å²) in [5, 5.41) is 0. The average Bonchev–Trinajstić information content (AvgIpc) is 2.88. The van der Waals surface area contributed by atoms with Crippen LogP contribution in [0.5, 0.6) is 5.75 Å². The van der Waals surface area contributed by atoms with Crippen molar-refractivity contribution in [3.05, 3.63) is 48.0 Å². The molecule has 0 bridgehead atoms. The summed E-state index contributed by atoms with van der Waals surface area (Å²) in [7, 11) is -6.39. The Bertz CT molecular complexity index is 1340. The molecule has 4 rings (SSSR count). The summed E-state index contributed by atoms with van der Waals surface area (Å²) in [4.78, 5) is 1.54. The van der Waals surface area contributed by atoms with Crippen molar-refractivity contribution in [3.8, 4) is 5.75 Å². The molecule has 0 saturated carbocycles. The Kier molecular flexibility index (Phi) is 7.80. The Morgan fingerprint density at radius 3 is 2.14 bits per heavy atom. The van der Waals surface area contributed by atoms with Gasteiger partial charge in [0.15, 0.2) is 0 Å². The molecule has 2 fully saturated rings. The van der Waals surface area contributed by atoms with Crippen LogP contribution in [0.4, 0.5) is 18.9 Å². The van der Waals surface area contributed by atoms with Gasteiger partial charge in [0.05, 0.1) is 28.2 Å². The lowest BCUT2D eigenvalue weighted by molar-refractivity contribution is -0.137. The van der Waals surface area contributed by atoms with Gasteiger partial charge in [-0.15, -0.1) is 0 Å². The average molecular weight is 562 g/mol. The normalized spacial score (nSPS) is 20.7. The lowest BCUT2D eigenvalue weighted by Gasteiger charge is -2.36. The van der Waals surface area contributed by atoms with E-state index in [1.54, 1.807) is 12.1 Å². The predicted octanol–water partition coefficient (Wildman–Crippen LogP) is 3.65. The quantitative estimate of drug-likeness (QED) is 0.535. The number of hydrogen-bond donors (Lipinski definition) is 0. The molecule has 2 aromatic rings. The minimum atomic E-state index is -4.65. The van der Waals surface area contributed by atoms with Crippen LogP contribution in [0.1, 0.15) is 25.3 Å². The smallest absolute Gasteiger partial charge is 0.416 e. The fourth-order valence-corrected chi connectivity index (χ4v) is 7.83. The van der Waals surface area contributed by atoms with Crippen LogP contribution in [0.3, 0.4) is 0 Å². The number of ether oxygens (including phenoxy) is 1. The van der Waals surface area contributed by atoms with Crippen LogP contribution in [-0.4, -0.2) is 71.8 Å². The summed E-state index contributed by atoms with van der Waals surface area (Å²) in [5.74, 6) is 0.716. The van der Waals surface area contributed by atoms with E-state index in [9.17, 15) is 30.0 Å². The van der Waals surface area contributed by atoms with Gasteiger partial charge in [-0.2, -0.15) is 21.8 Å². The number of rotatable bonds is 6. The molecular formula is C24H30F3N3O5S2. The molecule has 1 unspecified atom stereocenters. The standard InChI is InChI=1S/C24H30F3N3O5S2/c1-18-5-4-10-30(17-18)37(33,34)21-8-9-23(35-2)22(16-21)28-11-13-29(14-12-28)36(31,32)20-7-3-6-19(15-20)24(25,26)27/h3,6-9,15-16,18H,4-5,10-14,17H2,1-2H3. The topological polar surface area (TPSA) is 87.2 Å². The first kappa shape index (κ1) is 27.7. The first-order valence-corrected chi connectivity index (χ1v) is 14.8. The van der Waals surface area contributed by atoms with Gasteiger partial charge in [-0.1, -0.05) is 13.0 Å². The Morgan fingerprint density at radius 2 is 1.51 bits per heavy atom. The van der Waals surface area contributed by atoms with Crippen molar-refractivity contribution in [2.24, 2.45) is 5.92 Å². The third kappa shape index (κ3) is 5.74. The van der Waals surface area contributed by atoms with Crippen LogP contribution in [-0.2, 0) is 26.2 Å². The number of piperazine rings is 1. The molecule has 2 aromatic carbocycles. The second kappa shape index (κ2) is 10.4. The highest BCUT2D eigenvalue weighted by Crippen LogP contribution is 2.35. The SMILES string of the molecule is COc1ccc(S(=O)(=O)N2CCCC(C)C2)cc1N1CCN(S(=O)(=O)c2cccc(C(F)(F)F)c2)CC1. The van der Waals surface area contributed by atoms with Crippen LogP contribution in [0, 0.1) is 5.92 Å². The first-order chi connectivity index (χ1) is 17.3. The third-order valence-electron chi connectivity index (χ3n) is 6.79. The largest absolute Gasteiger partial charge is 0.495 e. The fourth-order valence-electron chi connectivity index (χ4n) is 4.74. The first-order valence-electron chi connectivity index (χ1n) is 11.9. The Hall–Kier alpha value is -2.35. The fraction of sp³-hybridized carbons (Fsp3) is 0.500. The van der Waals surface area contributed by atoms with E-state index in [-0.39, 0.29) is 37.0 Å². The zero-order valence-corrected chi connectivity index (χ0v) is 22.2. The van der Waals surface area contributed by atoms with E-state index in [4.69, 9.17) is 4.74 Å². The molecule has 0 radical (unpaired) electrons. The maximum absolute atomic E-state index is 13.3. The van der Waals surface area contributed by atoms with E-state index >= 15 is 0 Å². The molecule has 204 valence electrons. The van der Waals surface area contributed by atoms with Crippen molar-refractivity contribution >= 4 is 25.7 Å². The van der Waals surface area contributed by atoms with Crippen LogP contribution in [0.15, 0.2) is 52.3 Å². The summed E-state index contributed by atoms with van der Waals surface area (Å²) in [6, 6.07) is 8.33. The number of halogens is 3. The number of nitrogens with zero attached hydrogens (tertiary/aromatic N) is 3. The van der Waals surface area contributed by atoms with Gasteiger partial charge in [-0.25, -0.2) is 16.8 Å². The van der Waals surface area contributed by atoms with Crippen LogP contribution >= 0.6 is 0 Å². The van der Waals surface area contributed by atoms with E-state index < -0.39 is 36.7 Å². The second-order valence-electron chi connectivity index (χ2n) is 9.36. The molecule has 2 aliphatic heterocycles. The minimum Gasteiger partial charge on any atom is -0.495 e. The van der Waals surface area contributed by atoms with E-state index in [2.05, 4.69) is 0 Å². The summed E-state index contributed by atoms with van der Waals surface area (Å²) in [6.07, 6.45) is -2.88.